The van der Waals surface area contributed by atoms with Crippen LogP contribution in [0.25, 0.3) is 10.2 Å². The molecule has 0 spiro atoms. The zero-order chi connectivity index (χ0) is 13.8. The Labute approximate surface area is 119 Å². The molecule has 0 fully saturated rings. The topological polar surface area (TPSA) is 75.6 Å². The molecule has 0 unspecified atom stereocenters. The summed E-state index contributed by atoms with van der Waals surface area (Å²) >= 11 is 1.42. The minimum atomic E-state index is -0.0571. The molecular weight excluding hydrogens is 274 g/mol. The van der Waals surface area contributed by atoms with E-state index in [1.807, 2.05) is 28.4 Å². The molecule has 3 rings (SSSR count). The van der Waals surface area contributed by atoms with Crippen LogP contribution in [0.15, 0.2) is 34.7 Å². The van der Waals surface area contributed by atoms with Crippen molar-refractivity contribution < 1.29 is 0 Å². The van der Waals surface area contributed by atoms with Gasteiger partial charge in [0.1, 0.15) is 10.5 Å². The van der Waals surface area contributed by atoms with E-state index in [2.05, 4.69) is 20.4 Å². The SMILES string of the molecule is O=c1[nH]c(CNCCCn2cccn2)nc2ccsc12. The van der Waals surface area contributed by atoms with Crippen molar-refractivity contribution >= 4 is 21.6 Å². The Bertz CT molecular complexity index is 731. The number of hydrogen-bond acceptors (Lipinski definition) is 5. The lowest BCUT2D eigenvalue weighted by Crippen LogP contribution is -2.20. The molecule has 0 bridgehead atoms. The van der Waals surface area contributed by atoms with Crippen LogP contribution in [0, 0.1) is 0 Å². The van der Waals surface area contributed by atoms with E-state index in [0.717, 1.165) is 25.0 Å². The average Bonchev–Trinajstić information content (AvgIpc) is 3.08. The molecule has 3 aromatic heterocycles. The molecule has 0 atom stereocenters. The van der Waals surface area contributed by atoms with Gasteiger partial charge in [0.15, 0.2) is 0 Å². The minimum absolute atomic E-state index is 0.0571. The van der Waals surface area contributed by atoms with E-state index in [0.29, 0.717) is 17.1 Å². The maximum atomic E-state index is 11.8. The third-order valence-electron chi connectivity index (χ3n) is 2.96. The summed E-state index contributed by atoms with van der Waals surface area (Å²) in [6.45, 7) is 2.30. The van der Waals surface area contributed by atoms with Gasteiger partial charge in [-0.1, -0.05) is 0 Å². The highest BCUT2D eigenvalue weighted by atomic mass is 32.1. The number of aryl methyl sites for hydroxylation is 1. The molecule has 20 heavy (non-hydrogen) atoms. The molecule has 7 heteroatoms. The van der Waals surface area contributed by atoms with Gasteiger partial charge in [-0.25, -0.2) is 4.98 Å². The number of aromatic nitrogens is 4. The summed E-state index contributed by atoms with van der Waals surface area (Å²) in [6, 6.07) is 3.79. The zero-order valence-corrected chi connectivity index (χ0v) is 11.7. The maximum absolute atomic E-state index is 11.8. The molecule has 0 aliphatic carbocycles. The van der Waals surface area contributed by atoms with Gasteiger partial charge in [0.2, 0.25) is 0 Å². The maximum Gasteiger partial charge on any atom is 0.268 e. The van der Waals surface area contributed by atoms with Gasteiger partial charge in [-0.3, -0.25) is 9.48 Å². The molecule has 3 heterocycles. The molecule has 0 aliphatic rings. The summed E-state index contributed by atoms with van der Waals surface area (Å²) in [7, 11) is 0. The highest BCUT2D eigenvalue weighted by Gasteiger charge is 2.04. The van der Waals surface area contributed by atoms with Crippen LogP contribution < -0.4 is 10.9 Å². The Morgan fingerprint density at radius 1 is 1.45 bits per heavy atom. The van der Waals surface area contributed by atoms with Gasteiger partial charge in [-0.2, -0.15) is 5.10 Å². The van der Waals surface area contributed by atoms with E-state index in [1.165, 1.54) is 11.3 Å². The molecular formula is C13H15N5OS. The largest absolute Gasteiger partial charge is 0.310 e. The fourth-order valence-electron chi connectivity index (χ4n) is 2.01. The number of hydrogen-bond donors (Lipinski definition) is 2. The first kappa shape index (κ1) is 13.0. The number of rotatable bonds is 6. The van der Waals surface area contributed by atoms with Crippen molar-refractivity contribution in [1.29, 1.82) is 0 Å². The number of nitrogens with one attached hydrogen (secondary N) is 2. The molecule has 0 radical (unpaired) electrons. The Kier molecular flexibility index (Phi) is 3.89. The fraction of sp³-hybridized carbons (Fsp3) is 0.308. The quantitative estimate of drug-likeness (QED) is 0.672. The number of H-pyrrole nitrogens is 1. The molecule has 0 aliphatic heterocycles. The van der Waals surface area contributed by atoms with Crippen molar-refractivity contribution in [2.45, 2.75) is 19.5 Å². The number of aromatic amines is 1. The van der Waals surface area contributed by atoms with Gasteiger partial charge in [-0.05, 0) is 30.5 Å². The normalized spacial score (nSPS) is 11.2. The lowest BCUT2D eigenvalue weighted by atomic mass is 10.4. The average molecular weight is 289 g/mol. The van der Waals surface area contributed by atoms with E-state index in [9.17, 15) is 4.79 Å². The van der Waals surface area contributed by atoms with E-state index < -0.39 is 0 Å². The summed E-state index contributed by atoms with van der Waals surface area (Å²) in [4.78, 5) is 19.0. The van der Waals surface area contributed by atoms with Crippen LogP contribution in [-0.2, 0) is 13.1 Å². The Balaban J connectivity index is 1.51. The van der Waals surface area contributed by atoms with Crippen LogP contribution in [0.4, 0.5) is 0 Å². The molecule has 3 aromatic rings. The summed E-state index contributed by atoms with van der Waals surface area (Å²) in [6.07, 6.45) is 4.70. The Morgan fingerprint density at radius 3 is 3.25 bits per heavy atom. The second kappa shape index (κ2) is 5.98. The van der Waals surface area contributed by atoms with Crippen molar-refractivity contribution in [3.05, 3.63) is 46.1 Å². The van der Waals surface area contributed by atoms with Gasteiger partial charge >= 0.3 is 0 Å². The number of thiophene rings is 1. The lowest BCUT2D eigenvalue weighted by molar-refractivity contribution is 0.538. The third-order valence-corrected chi connectivity index (χ3v) is 3.86. The first-order valence-corrected chi connectivity index (χ1v) is 7.35. The minimum Gasteiger partial charge on any atom is -0.310 e. The molecule has 0 saturated heterocycles. The third kappa shape index (κ3) is 2.94. The molecule has 2 N–H and O–H groups in total. The monoisotopic (exact) mass is 289 g/mol. The molecule has 104 valence electrons. The van der Waals surface area contributed by atoms with Crippen LogP contribution in [0.2, 0.25) is 0 Å². The summed E-state index contributed by atoms with van der Waals surface area (Å²) in [5, 5.41) is 9.30. The summed E-state index contributed by atoms with van der Waals surface area (Å²) < 4.78 is 2.59. The van der Waals surface area contributed by atoms with Crippen LogP contribution in [0.5, 0.6) is 0 Å². The molecule has 0 aromatic carbocycles. The molecule has 0 saturated carbocycles. The summed E-state index contributed by atoms with van der Waals surface area (Å²) in [5.41, 5.74) is 0.713. The van der Waals surface area contributed by atoms with E-state index in [-0.39, 0.29) is 5.56 Å². The van der Waals surface area contributed by atoms with Crippen molar-refractivity contribution in [1.82, 2.24) is 25.1 Å². The standard InChI is InChI=1S/C13H15N5OS/c19-13-12-10(3-8-20-12)16-11(17-13)9-14-4-1-6-18-7-2-5-15-18/h2-3,5,7-8,14H,1,4,6,9H2,(H,16,17,19). The van der Waals surface area contributed by atoms with E-state index in [1.54, 1.807) is 6.20 Å². The van der Waals surface area contributed by atoms with Gasteiger partial charge in [-0.15, -0.1) is 11.3 Å². The van der Waals surface area contributed by atoms with E-state index in [4.69, 9.17) is 0 Å². The van der Waals surface area contributed by atoms with Crippen LogP contribution in [0.1, 0.15) is 12.2 Å². The first-order chi connectivity index (χ1) is 9.83. The van der Waals surface area contributed by atoms with Gasteiger partial charge in [0, 0.05) is 18.9 Å². The highest BCUT2D eigenvalue weighted by molar-refractivity contribution is 7.17. The van der Waals surface area contributed by atoms with Crippen LogP contribution in [-0.4, -0.2) is 26.3 Å². The zero-order valence-electron chi connectivity index (χ0n) is 10.9. The van der Waals surface area contributed by atoms with Gasteiger partial charge < -0.3 is 10.3 Å². The highest BCUT2D eigenvalue weighted by Crippen LogP contribution is 2.13. The van der Waals surface area contributed by atoms with Crippen LogP contribution >= 0.6 is 11.3 Å². The van der Waals surface area contributed by atoms with Gasteiger partial charge in [0.05, 0.1) is 12.1 Å². The lowest BCUT2D eigenvalue weighted by Gasteiger charge is -2.04. The second-order valence-electron chi connectivity index (χ2n) is 4.45. The first-order valence-electron chi connectivity index (χ1n) is 6.47. The Morgan fingerprint density at radius 2 is 2.40 bits per heavy atom. The Hall–Kier alpha value is -1.99. The van der Waals surface area contributed by atoms with Crippen molar-refractivity contribution in [2.75, 3.05) is 6.54 Å². The van der Waals surface area contributed by atoms with E-state index >= 15 is 0 Å². The predicted molar refractivity (Wildman–Crippen MR) is 78.8 cm³/mol. The smallest absolute Gasteiger partial charge is 0.268 e. The summed E-state index contributed by atoms with van der Waals surface area (Å²) in [5.74, 6) is 0.681. The van der Waals surface area contributed by atoms with Crippen LogP contribution in [0.3, 0.4) is 0 Å². The van der Waals surface area contributed by atoms with Gasteiger partial charge in [0.25, 0.3) is 5.56 Å². The predicted octanol–water partition coefficient (Wildman–Crippen LogP) is 1.36. The van der Waals surface area contributed by atoms with Crippen molar-refractivity contribution in [3.8, 4) is 0 Å². The van der Waals surface area contributed by atoms with Crippen molar-refractivity contribution in [2.24, 2.45) is 0 Å². The molecule has 6 nitrogen and oxygen atoms in total. The number of fused-ring (bicyclic) bond motifs is 1. The fourth-order valence-corrected chi connectivity index (χ4v) is 2.74. The second-order valence-corrected chi connectivity index (χ2v) is 5.36. The van der Waals surface area contributed by atoms with Crippen molar-refractivity contribution in [3.63, 3.8) is 0 Å². The number of nitrogens with zero attached hydrogens (tertiary/aromatic N) is 3. The molecule has 0 amide bonds.